The molecular weight excluding hydrogens is 616 g/mol. The third-order valence-electron chi connectivity index (χ3n) is 8.48. The first kappa shape index (κ1) is 29.6. The van der Waals surface area contributed by atoms with E-state index in [0.29, 0.717) is 11.5 Å². The summed E-state index contributed by atoms with van der Waals surface area (Å²) < 4.78 is 43.8. The molecule has 45 heavy (non-hydrogen) atoms. The largest absolute Gasteiger partial charge is 0.433 e. The van der Waals surface area contributed by atoms with Gasteiger partial charge in [0.05, 0.1) is 17.4 Å². The molecule has 6 nitrogen and oxygen atoms in total. The fraction of sp³-hybridized carbons (Fsp3) is 0.294. The third-order valence-corrected chi connectivity index (χ3v) is 10.2. The molecule has 1 aromatic carbocycles. The molecule has 1 saturated carbocycles. The van der Waals surface area contributed by atoms with Gasteiger partial charge in [-0.2, -0.15) is 23.4 Å². The van der Waals surface area contributed by atoms with Crippen molar-refractivity contribution in [3.8, 4) is 11.3 Å². The average Bonchev–Trinajstić information content (AvgIpc) is 3.82. The summed E-state index contributed by atoms with van der Waals surface area (Å²) in [6.45, 7) is 6.31. The molecule has 1 aliphatic heterocycles. The number of carbonyl (C=O) groups is 1. The first-order chi connectivity index (χ1) is 21.6. The van der Waals surface area contributed by atoms with Crippen LogP contribution in [0.1, 0.15) is 77.1 Å². The van der Waals surface area contributed by atoms with Crippen LogP contribution in [0.3, 0.4) is 0 Å². The number of fused-ring (bicyclic) bond motifs is 2. The van der Waals surface area contributed by atoms with E-state index in [1.54, 1.807) is 34.8 Å². The summed E-state index contributed by atoms with van der Waals surface area (Å²) in [5.74, 6) is 0.0632. The molecule has 1 aliphatic carbocycles. The van der Waals surface area contributed by atoms with Gasteiger partial charge in [-0.15, -0.1) is 22.7 Å². The molecule has 2 aliphatic rings. The molecule has 5 heterocycles. The Balaban J connectivity index is 1.32. The Bertz CT molecular complexity index is 1920. The van der Waals surface area contributed by atoms with Gasteiger partial charge in [-0.3, -0.25) is 4.79 Å². The van der Waals surface area contributed by atoms with Crippen molar-refractivity contribution in [1.82, 2.24) is 19.6 Å². The van der Waals surface area contributed by atoms with Crippen molar-refractivity contribution in [2.75, 3.05) is 0 Å². The van der Waals surface area contributed by atoms with Crippen LogP contribution in [0.2, 0.25) is 0 Å². The molecule has 1 fully saturated rings. The van der Waals surface area contributed by atoms with Gasteiger partial charge in [0.2, 0.25) is 0 Å². The standard InChI is InChI=1S/C34H30F3N5OS2/c1-19(2)21-8-10-22(11-9-21)26-17-29(34(35,36)37)41-30(38-26)18-27(39-41)33(43)42-32(28-7-5-13-45-28)25-15-20(3)14-23(31(25)40-42)16-24-6-4-12-44-24/h4-13,16-20,25,32H,14-15H2,1-3H3/b23-16-/t20-,25+,32+/m1/s1. The molecule has 0 bridgehead atoms. The Morgan fingerprint density at radius 3 is 2.47 bits per heavy atom. The number of nitrogens with zero attached hydrogens (tertiary/aromatic N) is 5. The molecule has 3 atom stereocenters. The fourth-order valence-electron chi connectivity index (χ4n) is 6.33. The Kier molecular flexibility index (Phi) is 7.48. The SMILES string of the molecule is CC(C)c1ccc(-c2cc(C(F)(F)F)n3nc(C(=O)N4N=C5/C(=C\c6cccs6)C[C@@H](C)C[C@@H]5[C@H]4c4cccs4)cc3n2)cc1. The molecule has 4 aromatic heterocycles. The lowest BCUT2D eigenvalue weighted by molar-refractivity contribution is -0.142. The first-order valence-corrected chi connectivity index (χ1v) is 16.6. The molecule has 0 spiro atoms. The predicted octanol–water partition coefficient (Wildman–Crippen LogP) is 9.34. The smallest absolute Gasteiger partial charge is 0.265 e. The van der Waals surface area contributed by atoms with Gasteiger partial charge in [0.1, 0.15) is 0 Å². The van der Waals surface area contributed by atoms with Crippen LogP contribution < -0.4 is 0 Å². The Hall–Kier alpha value is -4.09. The van der Waals surface area contributed by atoms with E-state index >= 15 is 0 Å². The van der Waals surface area contributed by atoms with Crippen molar-refractivity contribution in [3.63, 3.8) is 0 Å². The molecule has 5 aromatic rings. The lowest BCUT2D eigenvalue weighted by Crippen LogP contribution is -2.33. The molecule has 0 saturated heterocycles. The van der Waals surface area contributed by atoms with E-state index in [-0.39, 0.29) is 34.9 Å². The minimum absolute atomic E-state index is 0.0381. The zero-order valence-corrected chi connectivity index (χ0v) is 26.5. The monoisotopic (exact) mass is 645 g/mol. The predicted molar refractivity (Wildman–Crippen MR) is 172 cm³/mol. The number of hydrazone groups is 1. The zero-order valence-electron chi connectivity index (χ0n) is 24.8. The minimum atomic E-state index is -4.72. The van der Waals surface area contributed by atoms with Gasteiger partial charge < -0.3 is 0 Å². The minimum Gasteiger partial charge on any atom is -0.265 e. The molecule has 0 radical (unpaired) electrons. The molecule has 0 N–H and O–H groups in total. The zero-order chi connectivity index (χ0) is 31.5. The maximum Gasteiger partial charge on any atom is 0.433 e. The topological polar surface area (TPSA) is 62.9 Å². The van der Waals surface area contributed by atoms with E-state index in [9.17, 15) is 18.0 Å². The number of aromatic nitrogens is 3. The second kappa shape index (κ2) is 11.4. The molecule has 1 amide bonds. The molecule has 11 heteroatoms. The van der Waals surface area contributed by atoms with Gasteiger partial charge >= 0.3 is 6.18 Å². The van der Waals surface area contributed by atoms with Crippen LogP contribution in [0, 0.1) is 11.8 Å². The average molecular weight is 646 g/mol. The maximum atomic E-state index is 14.4. The van der Waals surface area contributed by atoms with Crippen LogP contribution in [0.25, 0.3) is 23.0 Å². The normalized spacial score (nSPS) is 21.1. The lowest BCUT2D eigenvalue weighted by atomic mass is 9.74. The highest BCUT2D eigenvalue weighted by molar-refractivity contribution is 7.11. The highest BCUT2D eigenvalue weighted by Crippen LogP contribution is 2.47. The number of halogens is 3. The van der Waals surface area contributed by atoms with Gasteiger partial charge in [0.15, 0.2) is 17.0 Å². The van der Waals surface area contributed by atoms with Crippen molar-refractivity contribution < 1.29 is 18.0 Å². The number of benzene rings is 1. The Morgan fingerprint density at radius 1 is 1.04 bits per heavy atom. The number of rotatable bonds is 5. The number of hydrogen-bond donors (Lipinski definition) is 0. The lowest BCUT2D eigenvalue weighted by Gasteiger charge is -2.31. The number of carbonyl (C=O) groups excluding carboxylic acids is 1. The summed E-state index contributed by atoms with van der Waals surface area (Å²) in [4.78, 5) is 20.8. The van der Waals surface area contributed by atoms with Crippen molar-refractivity contribution in [3.05, 3.63) is 104 Å². The second-order valence-electron chi connectivity index (χ2n) is 12.0. The van der Waals surface area contributed by atoms with Gasteiger partial charge in [0.25, 0.3) is 5.91 Å². The summed E-state index contributed by atoms with van der Waals surface area (Å²) in [6, 6.07) is 17.2. The van der Waals surface area contributed by atoms with Crippen molar-refractivity contribution in [2.45, 2.75) is 51.7 Å². The Morgan fingerprint density at radius 2 is 1.80 bits per heavy atom. The number of hydrogen-bond acceptors (Lipinski definition) is 6. The number of thiophene rings is 2. The molecule has 230 valence electrons. The van der Waals surface area contributed by atoms with Gasteiger partial charge in [-0.1, -0.05) is 57.2 Å². The van der Waals surface area contributed by atoms with E-state index in [1.165, 1.54) is 11.1 Å². The molecular formula is C34H30F3N5OS2. The number of allylic oxidation sites excluding steroid dienone is 1. The number of alkyl halides is 3. The maximum absolute atomic E-state index is 14.4. The van der Waals surface area contributed by atoms with E-state index in [1.807, 2.05) is 41.1 Å². The highest BCUT2D eigenvalue weighted by Gasteiger charge is 2.46. The second-order valence-corrected chi connectivity index (χ2v) is 14.0. The first-order valence-electron chi connectivity index (χ1n) is 14.8. The van der Waals surface area contributed by atoms with E-state index in [4.69, 9.17) is 5.10 Å². The van der Waals surface area contributed by atoms with Crippen molar-refractivity contribution >= 4 is 46.0 Å². The van der Waals surface area contributed by atoms with Gasteiger partial charge in [-0.25, -0.2) is 14.5 Å². The summed E-state index contributed by atoms with van der Waals surface area (Å²) in [5, 5.41) is 14.5. The molecule has 0 unspecified atom stereocenters. The van der Waals surface area contributed by atoms with Crippen LogP contribution in [0.15, 0.2) is 82.1 Å². The van der Waals surface area contributed by atoms with Crippen molar-refractivity contribution in [2.24, 2.45) is 16.9 Å². The highest BCUT2D eigenvalue weighted by atomic mass is 32.1. The van der Waals surface area contributed by atoms with E-state index in [0.717, 1.165) is 50.0 Å². The number of amides is 1. The van der Waals surface area contributed by atoms with Crippen LogP contribution in [-0.2, 0) is 6.18 Å². The van der Waals surface area contributed by atoms with Crippen LogP contribution in [0.4, 0.5) is 13.2 Å². The van der Waals surface area contributed by atoms with E-state index in [2.05, 4.69) is 43.0 Å². The Labute approximate surface area is 266 Å². The summed E-state index contributed by atoms with van der Waals surface area (Å²) in [5.41, 5.74) is 2.53. The summed E-state index contributed by atoms with van der Waals surface area (Å²) >= 11 is 3.18. The summed E-state index contributed by atoms with van der Waals surface area (Å²) in [6.07, 6.45) is -0.900. The van der Waals surface area contributed by atoms with Gasteiger partial charge in [-0.05, 0) is 70.8 Å². The fourth-order valence-corrected chi connectivity index (χ4v) is 7.88. The van der Waals surface area contributed by atoms with Crippen LogP contribution in [-0.4, -0.2) is 31.2 Å². The van der Waals surface area contributed by atoms with E-state index < -0.39 is 17.8 Å². The summed E-state index contributed by atoms with van der Waals surface area (Å²) in [7, 11) is 0. The van der Waals surface area contributed by atoms with Crippen LogP contribution >= 0.6 is 22.7 Å². The third kappa shape index (κ3) is 5.52. The van der Waals surface area contributed by atoms with Crippen molar-refractivity contribution in [1.29, 1.82) is 0 Å². The molecule has 7 rings (SSSR count). The van der Waals surface area contributed by atoms with Crippen LogP contribution in [0.5, 0.6) is 0 Å². The van der Waals surface area contributed by atoms with Gasteiger partial charge in [0, 0.05) is 27.3 Å². The quantitative estimate of drug-likeness (QED) is 0.191.